The molecule has 0 saturated carbocycles. The smallest absolute Gasteiger partial charge is 0.368 e. The third kappa shape index (κ3) is 3.08. The van der Waals surface area contributed by atoms with Crippen molar-refractivity contribution in [3.63, 3.8) is 0 Å². The normalized spacial score (nSPS) is 14.1. The fourth-order valence-corrected chi connectivity index (χ4v) is 1.97. The molecule has 98 valence electrons. The van der Waals surface area contributed by atoms with Crippen LogP contribution in [0.3, 0.4) is 0 Å². The lowest BCUT2D eigenvalue weighted by molar-refractivity contribution is -0.126. The van der Waals surface area contributed by atoms with Gasteiger partial charge in [0.15, 0.2) is 5.71 Å². The first kappa shape index (κ1) is 13.5. The van der Waals surface area contributed by atoms with E-state index < -0.39 is 12.0 Å². The Balaban J connectivity index is 2.11. The molecule has 0 aromatic heterocycles. The maximum absolute atomic E-state index is 11.9. The quantitative estimate of drug-likeness (QED) is 0.481. The second kappa shape index (κ2) is 5.79. The Labute approximate surface area is 114 Å². The number of ether oxygens (including phenoxy) is 1. The number of esters is 1. The second-order valence-electron chi connectivity index (χ2n) is 3.72. The van der Waals surface area contributed by atoms with Crippen LogP contribution in [0.4, 0.5) is 4.79 Å². The molecule has 2 amide bonds. The zero-order valence-corrected chi connectivity index (χ0v) is 11.4. The highest BCUT2D eigenvalue weighted by Crippen LogP contribution is 2.19. The van der Waals surface area contributed by atoms with Crippen LogP contribution in [0.5, 0.6) is 5.75 Å². The number of carbonyl (C=O) groups excluding carboxylic acids is 2. The number of benzene rings is 1. The molecule has 0 spiro atoms. The van der Waals surface area contributed by atoms with E-state index in [0.29, 0.717) is 17.9 Å². The number of rotatable bonds is 4. The van der Waals surface area contributed by atoms with Gasteiger partial charge < -0.3 is 4.74 Å². The minimum atomic E-state index is -0.651. The van der Waals surface area contributed by atoms with Crippen molar-refractivity contribution < 1.29 is 14.3 Å². The van der Waals surface area contributed by atoms with Crippen LogP contribution >= 0.6 is 11.8 Å². The summed E-state index contributed by atoms with van der Waals surface area (Å²) in [6.45, 7) is 1.80. The molecule has 0 N–H and O–H groups in total. The largest absolute Gasteiger partial charge is 0.422 e. The number of hydrogen-bond acceptors (Lipinski definition) is 4. The first-order valence-corrected chi connectivity index (χ1v) is 6.93. The standard InChI is InChI=1S/C13H12N2O3S/c1-3-10-11(15-13(17)14-10)12(16)18-8-4-6-9(19-2)7-5-8/h4-7H,3H2,1-2H3. The van der Waals surface area contributed by atoms with E-state index in [2.05, 4.69) is 9.98 Å². The molecule has 5 nitrogen and oxygen atoms in total. The first-order valence-electron chi connectivity index (χ1n) is 5.71. The summed E-state index contributed by atoms with van der Waals surface area (Å²) in [6.07, 6.45) is 2.43. The lowest BCUT2D eigenvalue weighted by atomic mass is 10.2. The highest BCUT2D eigenvalue weighted by Gasteiger charge is 2.26. The number of aliphatic imine (C=N–C) groups is 2. The fourth-order valence-electron chi connectivity index (χ4n) is 1.56. The van der Waals surface area contributed by atoms with Crippen LogP contribution in [0.1, 0.15) is 13.3 Å². The molecule has 0 fully saturated rings. The molecule has 0 bridgehead atoms. The van der Waals surface area contributed by atoms with Gasteiger partial charge >= 0.3 is 12.0 Å². The average Bonchev–Trinajstić information content (AvgIpc) is 2.81. The zero-order chi connectivity index (χ0) is 13.8. The summed E-state index contributed by atoms with van der Waals surface area (Å²) in [5.41, 5.74) is 0.372. The van der Waals surface area contributed by atoms with Gasteiger partial charge in [0.1, 0.15) is 5.75 Å². The molecule has 0 saturated heterocycles. The van der Waals surface area contributed by atoms with Crippen molar-refractivity contribution >= 4 is 35.2 Å². The molecule has 1 aliphatic heterocycles. The Morgan fingerprint density at radius 3 is 2.53 bits per heavy atom. The van der Waals surface area contributed by atoms with E-state index >= 15 is 0 Å². The second-order valence-corrected chi connectivity index (χ2v) is 4.60. The summed E-state index contributed by atoms with van der Waals surface area (Å²) in [4.78, 5) is 31.3. The van der Waals surface area contributed by atoms with Gasteiger partial charge in [-0.2, -0.15) is 9.98 Å². The summed E-state index contributed by atoms with van der Waals surface area (Å²) >= 11 is 1.60. The molecule has 1 aliphatic rings. The number of carbonyl (C=O) groups is 2. The average molecular weight is 276 g/mol. The van der Waals surface area contributed by atoms with Gasteiger partial charge in [0, 0.05) is 4.90 Å². The van der Waals surface area contributed by atoms with Gasteiger partial charge in [0.05, 0.1) is 5.71 Å². The lowest BCUT2D eigenvalue weighted by Gasteiger charge is -2.05. The fraction of sp³-hybridized carbons (Fsp3) is 0.231. The maximum Gasteiger partial charge on any atom is 0.368 e. The number of hydrogen-bond donors (Lipinski definition) is 0. The molecule has 1 aromatic rings. The lowest BCUT2D eigenvalue weighted by Crippen LogP contribution is -2.26. The van der Waals surface area contributed by atoms with Crippen molar-refractivity contribution in [2.45, 2.75) is 18.2 Å². The first-order chi connectivity index (χ1) is 9.13. The Morgan fingerprint density at radius 2 is 1.95 bits per heavy atom. The summed E-state index contributed by atoms with van der Waals surface area (Å²) in [5.74, 6) is -0.233. The van der Waals surface area contributed by atoms with Crippen molar-refractivity contribution in [2.24, 2.45) is 9.98 Å². The van der Waals surface area contributed by atoms with Crippen molar-refractivity contribution in [2.75, 3.05) is 6.26 Å². The summed E-state index contributed by atoms with van der Waals surface area (Å²) in [6, 6.07) is 6.45. The van der Waals surface area contributed by atoms with Crippen LogP contribution in [0, 0.1) is 0 Å². The van der Waals surface area contributed by atoms with Crippen LogP contribution < -0.4 is 4.74 Å². The molecule has 0 aliphatic carbocycles. The van der Waals surface area contributed by atoms with Crippen LogP contribution in [0.25, 0.3) is 0 Å². The van der Waals surface area contributed by atoms with Crippen LogP contribution in [-0.2, 0) is 4.79 Å². The van der Waals surface area contributed by atoms with Gasteiger partial charge in [-0.15, -0.1) is 11.8 Å². The number of nitrogens with zero attached hydrogens (tertiary/aromatic N) is 2. The number of amides is 2. The molecular formula is C13H12N2O3S. The van der Waals surface area contributed by atoms with Crippen molar-refractivity contribution in [1.82, 2.24) is 0 Å². The van der Waals surface area contributed by atoms with E-state index in [1.54, 1.807) is 30.8 Å². The minimum Gasteiger partial charge on any atom is -0.422 e. The van der Waals surface area contributed by atoms with E-state index in [4.69, 9.17) is 4.74 Å². The SMILES string of the molecule is CCC1=NC(=O)N=C1C(=O)Oc1ccc(SC)cc1. The molecule has 2 rings (SSSR count). The number of urea groups is 1. The summed E-state index contributed by atoms with van der Waals surface area (Å²) in [7, 11) is 0. The van der Waals surface area contributed by atoms with Crippen molar-refractivity contribution in [1.29, 1.82) is 0 Å². The predicted octanol–water partition coefficient (Wildman–Crippen LogP) is 2.74. The maximum atomic E-state index is 11.9. The molecule has 0 unspecified atom stereocenters. The Morgan fingerprint density at radius 1 is 1.26 bits per heavy atom. The monoisotopic (exact) mass is 276 g/mol. The van der Waals surface area contributed by atoms with Crippen LogP contribution in [0.15, 0.2) is 39.1 Å². The number of thioether (sulfide) groups is 1. The molecule has 0 radical (unpaired) electrons. The molecule has 19 heavy (non-hydrogen) atoms. The van der Waals surface area contributed by atoms with Gasteiger partial charge in [0.25, 0.3) is 0 Å². The van der Waals surface area contributed by atoms with Gasteiger partial charge in [-0.3, -0.25) is 0 Å². The molecule has 6 heteroatoms. The highest BCUT2D eigenvalue weighted by atomic mass is 32.2. The van der Waals surface area contributed by atoms with Gasteiger partial charge in [-0.05, 0) is 36.9 Å². The third-order valence-electron chi connectivity index (χ3n) is 2.51. The molecule has 0 atom stereocenters. The van der Waals surface area contributed by atoms with E-state index in [1.165, 1.54) is 0 Å². The van der Waals surface area contributed by atoms with Crippen LogP contribution in [-0.4, -0.2) is 29.7 Å². The van der Waals surface area contributed by atoms with E-state index in [0.717, 1.165) is 4.90 Å². The predicted molar refractivity (Wildman–Crippen MR) is 74.4 cm³/mol. The Bertz CT molecular complexity index is 576. The van der Waals surface area contributed by atoms with E-state index in [-0.39, 0.29) is 5.71 Å². The summed E-state index contributed by atoms with van der Waals surface area (Å²) in [5, 5.41) is 0. The molecular weight excluding hydrogens is 264 g/mol. The van der Waals surface area contributed by atoms with Gasteiger partial charge in [-0.25, -0.2) is 9.59 Å². The minimum absolute atomic E-state index is 0.00134. The van der Waals surface area contributed by atoms with Gasteiger partial charge in [-0.1, -0.05) is 6.92 Å². The van der Waals surface area contributed by atoms with E-state index in [9.17, 15) is 9.59 Å². The van der Waals surface area contributed by atoms with Crippen LogP contribution in [0.2, 0.25) is 0 Å². The molecule has 1 aromatic carbocycles. The van der Waals surface area contributed by atoms with Crippen molar-refractivity contribution in [3.05, 3.63) is 24.3 Å². The van der Waals surface area contributed by atoms with Crippen molar-refractivity contribution in [3.8, 4) is 5.75 Å². The Kier molecular flexibility index (Phi) is 4.11. The topological polar surface area (TPSA) is 68.1 Å². The third-order valence-corrected chi connectivity index (χ3v) is 3.25. The highest BCUT2D eigenvalue weighted by molar-refractivity contribution is 7.98. The van der Waals surface area contributed by atoms with Gasteiger partial charge in [0.2, 0.25) is 0 Å². The van der Waals surface area contributed by atoms with E-state index in [1.807, 2.05) is 18.4 Å². The molecule has 1 heterocycles. The zero-order valence-electron chi connectivity index (χ0n) is 10.5. The Hall–Kier alpha value is -1.95. The summed E-state index contributed by atoms with van der Waals surface area (Å²) < 4.78 is 5.17.